The maximum atomic E-state index is 13.3. The highest BCUT2D eigenvalue weighted by atomic mass is 19.1. The van der Waals surface area contributed by atoms with Gasteiger partial charge in [-0.3, -0.25) is 0 Å². The van der Waals surface area contributed by atoms with Crippen molar-refractivity contribution in [2.45, 2.75) is 39.7 Å². The van der Waals surface area contributed by atoms with Crippen LogP contribution in [0.4, 0.5) is 4.39 Å². The topological polar surface area (TPSA) is 69.5 Å². The molecule has 7 heteroatoms. The van der Waals surface area contributed by atoms with E-state index in [-0.39, 0.29) is 11.2 Å². The molecule has 1 atom stereocenters. The van der Waals surface area contributed by atoms with Gasteiger partial charge in [-0.25, -0.2) is 9.18 Å². The average Bonchev–Trinajstić information content (AvgIpc) is 2.93. The SMILES string of the molecule is COc1cc(/C=N/OC(=O)C2(C)CC(C(C)(C)C)=NO2)ccc1F. The van der Waals surface area contributed by atoms with Gasteiger partial charge in [0.15, 0.2) is 11.6 Å². The van der Waals surface area contributed by atoms with Crippen LogP contribution in [0.5, 0.6) is 5.75 Å². The number of hydrogen-bond acceptors (Lipinski definition) is 6. The minimum atomic E-state index is -1.19. The quantitative estimate of drug-likeness (QED) is 0.481. The van der Waals surface area contributed by atoms with Crippen LogP contribution in [-0.4, -0.2) is 30.6 Å². The summed E-state index contributed by atoms with van der Waals surface area (Å²) in [4.78, 5) is 22.3. The van der Waals surface area contributed by atoms with Gasteiger partial charge < -0.3 is 14.4 Å². The van der Waals surface area contributed by atoms with Gasteiger partial charge in [-0.2, -0.15) is 0 Å². The van der Waals surface area contributed by atoms with Crippen molar-refractivity contribution >= 4 is 17.9 Å². The van der Waals surface area contributed by atoms with E-state index in [4.69, 9.17) is 14.4 Å². The van der Waals surface area contributed by atoms with E-state index in [1.807, 2.05) is 20.8 Å². The van der Waals surface area contributed by atoms with E-state index in [0.717, 1.165) is 5.71 Å². The largest absolute Gasteiger partial charge is 0.494 e. The Morgan fingerprint density at radius 1 is 1.46 bits per heavy atom. The number of methoxy groups -OCH3 is 1. The van der Waals surface area contributed by atoms with E-state index in [2.05, 4.69) is 10.3 Å². The van der Waals surface area contributed by atoms with Gasteiger partial charge >= 0.3 is 5.97 Å². The molecule has 1 aromatic rings. The van der Waals surface area contributed by atoms with Gasteiger partial charge in [0.25, 0.3) is 0 Å². The number of carbonyl (C=O) groups is 1. The lowest BCUT2D eigenvalue weighted by molar-refractivity contribution is -0.167. The first-order valence-electron chi connectivity index (χ1n) is 7.49. The first-order chi connectivity index (χ1) is 11.2. The first-order valence-corrected chi connectivity index (χ1v) is 7.49. The minimum absolute atomic E-state index is 0.0829. The number of halogens is 1. The van der Waals surface area contributed by atoms with Gasteiger partial charge in [-0.15, -0.1) is 0 Å². The third-order valence-electron chi connectivity index (χ3n) is 3.67. The van der Waals surface area contributed by atoms with E-state index in [1.165, 1.54) is 31.5 Å². The number of ether oxygens (including phenoxy) is 1. The molecule has 0 amide bonds. The van der Waals surface area contributed by atoms with Crippen LogP contribution in [0.25, 0.3) is 0 Å². The minimum Gasteiger partial charge on any atom is -0.494 e. The lowest BCUT2D eigenvalue weighted by Gasteiger charge is -2.20. The van der Waals surface area contributed by atoms with Gasteiger partial charge in [-0.05, 0) is 24.6 Å². The first kappa shape index (κ1) is 17.9. The highest BCUT2D eigenvalue weighted by Gasteiger charge is 2.46. The van der Waals surface area contributed by atoms with Gasteiger partial charge in [-0.1, -0.05) is 37.1 Å². The smallest absolute Gasteiger partial charge is 0.381 e. The maximum Gasteiger partial charge on any atom is 0.381 e. The Labute approximate surface area is 140 Å². The fraction of sp³-hybridized carbons (Fsp3) is 0.471. The molecule has 1 aliphatic heterocycles. The monoisotopic (exact) mass is 336 g/mol. The van der Waals surface area contributed by atoms with Crippen LogP contribution >= 0.6 is 0 Å². The van der Waals surface area contributed by atoms with Crippen LogP contribution in [0, 0.1) is 11.2 Å². The second-order valence-corrected chi connectivity index (χ2v) is 6.79. The van der Waals surface area contributed by atoms with E-state index >= 15 is 0 Å². The molecule has 2 rings (SSSR count). The zero-order chi connectivity index (χ0) is 18.0. The number of oxime groups is 2. The van der Waals surface area contributed by atoms with Gasteiger partial charge in [0.05, 0.1) is 19.0 Å². The van der Waals surface area contributed by atoms with Crippen LogP contribution < -0.4 is 4.74 Å². The number of benzene rings is 1. The van der Waals surface area contributed by atoms with Gasteiger partial charge in [0.2, 0.25) is 5.60 Å². The molecule has 0 saturated carbocycles. The third-order valence-corrected chi connectivity index (χ3v) is 3.67. The number of hydrogen-bond donors (Lipinski definition) is 0. The Hall–Kier alpha value is -2.44. The number of carbonyl (C=O) groups excluding carboxylic acids is 1. The predicted molar refractivity (Wildman–Crippen MR) is 87.6 cm³/mol. The Morgan fingerprint density at radius 2 is 2.17 bits per heavy atom. The van der Waals surface area contributed by atoms with Crippen molar-refractivity contribution in [2.24, 2.45) is 15.7 Å². The zero-order valence-electron chi connectivity index (χ0n) is 14.4. The fourth-order valence-electron chi connectivity index (χ4n) is 2.04. The van der Waals surface area contributed by atoms with Crippen LogP contribution in [-0.2, 0) is 14.5 Å². The summed E-state index contributed by atoms with van der Waals surface area (Å²) >= 11 is 0. The average molecular weight is 336 g/mol. The van der Waals surface area contributed by atoms with E-state index in [9.17, 15) is 9.18 Å². The second kappa shape index (κ2) is 6.59. The molecule has 0 N–H and O–H groups in total. The van der Waals surface area contributed by atoms with Crippen molar-refractivity contribution in [3.05, 3.63) is 29.6 Å². The number of rotatable bonds is 4. The summed E-state index contributed by atoms with van der Waals surface area (Å²) in [6, 6.07) is 4.18. The lowest BCUT2D eigenvalue weighted by Crippen LogP contribution is -2.37. The van der Waals surface area contributed by atoms with Crippen molar-refractivity contribution in [3.63, 3.8) is 0 Å². The number of nitrogens with zero attached hydrogens (tertiary/aromatic N) is 2. The molecule has 0 fully saturated rings. The Kier molecular flexibility index (Phi) is 4.91. The van der Waals surface area contributed by atoms with E-state index in [0.29, 0.717) is 12.0 Å². The molecule has 0 saturated heterocycles. The highest BCUT2D eigenvalue weighted by Crippen LogP contribution is 2.32. The lowest BCUT2D eigenvalue weighted by atomic mass is 9.84. The molecule has 1 heterocycles. The molecule has 0 radical (unpaired) electrons. The van der Waals surface area contributed by atoms with E-state index < -0.39 is 17.4 Å². The molecule has 6 nitrogen and oxygen atoms in total. The molecule has 1 aliphatic rings. The molecular weight excluding hydrogens is 315 g/mol. The van der Waals surface area contributed by atoms with Crippen LogP contribution in [0.15, 0.2) is 28.5 Å². The second-order valence-electron chi connectivity index (χ2n) is 6.79. The van der Waals surface area contributed by atoms with Gasteiger partial charge in [0, 0.05) is 11.8 Å². The normalized spacial score (nSPS) is 20.7. The van der Waals surface area contributed by atoms with Crippen molar-refractivity contribution in [2.75, 3.05) is 7.11 Å². The molecule has 0 aliphatic carbocycles. The zero-order valence-corrected chi connectivity index (χ0v) is 14.4. The highest BCUT2D eigenvalue weighted by molar-refractivity contribution is 5.96. The standard InChI is InChI=1S/C17H21FN2O4/c1-16(2,3)14-9-17(4,24-20-14)15(21)23-19-10-11-6-7-12(18)13(8-11)22-5/h6-8,10H,9H2,1-5H3/b19-10+. The van der Waals surface area contributed by atoms with Crippen molar-refractivity contribution in [3.8, 4) is 5.75 Å². The Bertz CT molecular complexity index is 694. The predicted octanol–water partition coefficient (Wildman–Crippen LogP) is 3.29. The molecule has 0 aromatic heterocycles. The third kappa shape index (κ3) is 3.90. The molecule has 1 aromatic carbocycles. The molecule has 0 spiro atoms. The van der Waals surface area contributed by atoms with Gasteiger partial charge in [0.1, 0.15) is 0 Å². The van der Waals surface area contributed by atoms with E-state index in [1.54, 1.807) is 6.92 Å². The molecule has 0 bridgehead atoms. The van der Waals surface area contributed by atoms with Crippen LogP contribution in [0.2, 0.25) is 0 Å². The van der Waals surface area contributed by atoms with Crippen molar-refractivity contribution in [1.82, 2.24) is 0 Å². The maximum absolute atomic E-state index is 13.3. The van der Waals surface area contributed by atoms with Crippen LogP contribution in [0.3, 0.4) is 0 Å². The molecule has 130 valence electrons. The molecular formula is C17H21FN2O4. The Morgan fingerprint density at radius 3 is 2.75 bits per heavy atom. The summed E-state index contributed by atoms with van der Waals surface area (Å²) in [5.74, 6) is -1.04. The fourth-order valence-corrected chi connectivity index (χ4v) is 2.04. The summed E-state index contributed by atoms with van der Waals surface area (Å²) in [6.45, 7) is 7.58. The summed E-state index contributed by atoms with van der Waals surface area (Å²) in [7, 11) is 1.37. The summed E-state index contributed by atoms with van der Waals surface area (Å²) < 4.78 is 18.2. The molecule has 1 unspecified atom stereocenters. The van der Waals surface area contributed by atoms with Crippen molar-refractivity contribution < 1.29 is 23.6 Å². The summed E-state index contributed by atoms with van der Waals surface area (Å²) in [5.41, 5.74) is -0.0637. The summed E-state index contributed by atoms with van der Waals surface area (Å²) in [5, 5.41) is 7.63. The molecule has 24 heavy (non-hydrogen) atoms. The van der Waals surface area contributed by atoms with Crippen molar-refractivity contribution in [1.29, 1.82) is 0 Å². The van der Waals surface area contributed by atoms with Crippen LogP contribution in [0.1, 0.15) is 39.7 Å². The summed E-state index contributed by atoms with van der Waals surface area (Å²) in [6.07, 6.45) is 1.64. The Balaban J connectivity index is 1.99.